The van der Waals surface area contributed by atoms with Crippen molar-refractivity contribution in [2.75, 3.05) is 52.2 Å². The van der Waals surface area contributed by atoms with Crippen molar-refractivity contribution in [1.82, 2.24) is 24.9 Å². The second-order valence-electron chi connectivity index (χ2n) is 12.5. The van der Waals surface area contributed by atoms with Gasteiger partial charge in [-0.3, -0.25) is 4.79 Å². The van der Waals surface area contributed by atoms with Crippen molar-refractivity contribution in [3.05, 3.63) is 138 Å². The van der Waals surface area contributed by atoms with Gasteiger partial charge in [-0.2, -0.15) is 19.9 Å². The van der Waals surface area contributed by atoms with Crippen LogP contribution in [0.1, 0.15) is 21.5 Å². The van der Waals surface area contributed by atoms with Crippen molar-refractivity contribution >= 4 is 17.9 Å². The Balaban J connectivity index is 0.000000194. The third-order valence-electron chi connectivity index (χ3n) is 8.73. The van der Waals surface area contributed by atoms with E-state index >= 15 is 0 Å². The van der Waals surface area contributed by atoms with E-state index in [9.17, 15) is 4.79 Å². The van der Waals surface area contributed by atoms with Gasteiger partial charge in [-0.05, 0) is 60.4 Å². The third-order valence-corrected chi connectivity index (χ3v) is 8.73. The lowest BCUT2D eigenvalue weighted by molar-refractivity contribution is 0.112. The summed E-state index contributed by atoms with van der Waals surface area (Å²) >= 11 is 0. The van der Waals surface area contributed by atoms with E-state index in [1.165, 1.54) is 24.6 Å². The van der Waals surface area contributed by atoms with Gasteiger partial charge in [-0.15, -0.1) is 0 Å². The molecule has 0 fully saturated rings. The minimum absolute atomic E-state index is 0.274. The fourth-order valence-corrected chi connectivity index (χ4v) is 5.73. The van der Waals surface area contributed by atoms with Crippen LogP contribution in [-0.4, -0.2) is 72.7 Å². The maximum atomic E-state index is 11.0. The highest BCUT2D eigenvalue weighted by Gasteiger charge is 2.11. The van der Waals surface area contributed by atoms with Gasteiger partial charge in [0.25, 0.3) is 0 Å². The summed E-state index contributed by atoms with van der Waals surface area (Å²) in [5.41, 5.74) is 7.15. The molecule has 7 rings (SSSR count). The number of nitrogens with one attached hydrogen (secondary N) is 2. The first-order valence-corrected chi connectivity index (χ1v) is 18.1. The average molecular weight is 766 g/mol. The molecule has 3 heterocycles. The number of hydrogen-bond acceptors (Lipinski definition) is 13. The van der Waals surface area contributed by atoms with Crippen molar-refractivity contribution in [2.45, 2.75) is 12.8 Å². The lowest BCUT2D eigenvalue weighted by Crippen LogP contribution is -2.08. The maximum Gasteiger partial charge on any atom is 0.318 e. The van der Waals surface area contributed by atoms with Gasteiger partial charge in [0.15, 0.2) is 12.2 Å². The molecule has 290 valence electrons. The molecule has 2 N–H and O–H groups in total. The summed E-state index contributed by atoms with van der Waals surface area (Å²) < 4.78 is 26.3. The number of nitrogens with zero attached hydrogens (tertiary/aromatic N) is 5. The smallest absolute Gasteiger partial charge is 0.318 e. The molecule has 0 bridgehead atoms. The SMILES string of the molecule is COc1ccc(CCNc2cc(-c3cccc(-c4cnco4)c3)nc(OC)n2)cc1.COc1ccc(CCNc2cc(-c3cccc(C=O)c3)nc(OC)n2)cc1. The fourth-order valence-electron chi connectivity index (χ4n) is 5.73. The molecule has 4 aromatic carbocycles. The van der Waals surface area contributed by atoms with E-state index in [0.29, 0.717) is 41.2 Å². The van der Waals surface area contributed by atoms with Crippen LogP contribution in [0.15, 0.2) is 126 Å². The van der Waals surface area contributed by atoms with Crippen LogP contribution < -0.4 is 29.6 Å². The molecule has 57 heavy (non-hydrogen) atoms. The van der Waals surface area contributed by atoms with Crippen LogP contribution in [0.3, 0.4) is 0 Å². The highest BCUT2D eigenvalue weighted by molar-refractivity contribution is 5.78. The standard InChI is InChI=1S/C23H22N4O3.C21H21N3O3/c1-28-19-8-6-16(7-9-19)10-11-25-22-13-20(26-23(27-22)29-2)17-4-3-5-18(12-17)21-14-24-15-30-21;1-26-18-8-6-15(7-9-18)10-11-22-20-13-19(23-21(24-20)27-2)17-5-3-4-16(12-17)14-25/h3-9,12-15H,10-11H2,1-2H3,(H,25,26,27);3-9,12-14H,10-11H2,1-2H3,(H,22,23,24). The molecule has 0 saturated heterocycles. The zero-order chi connectivity index (χ0) is 39.8. The van der Waals surface area contributed by atoms with E-state index in [1.54, 1.807) is 39.7 Å². The van der Waals surface area contributed by atoms with Gasteiger partial charge in [0, 0.05) is 47.5 Å². The topological polar surface area (TPSA) is 156 Å². The number of carbonyl (C=O) groups is 1. The van der Waals surface area contributed by atoms with Gasteiger partial charge in [0.2, 0.25) is 0 Å². The number of benzene rings is 4. The Hall–Kier alpha value is -7.28. The van der Waals surface area contributed by atoms with E-state index in [2.05, 4.69) is 47.7 Å². The Labute approximate surface area is 331 Å². The predicted molar refractivity (Wildman–Crippen MR) is 219 cm³/mol. The minimum atomic E-state index is 0.274. The second kappa shape index (κ2) is 19.9. The molecule has 0 unspecified atom stereocenters. The molecule has 0 saturated carbocycles. The number of aldehydes is 1. The van der Waals surface area contributed by atoms with Gasteiger partial charge < -0.3 is 34.0 Å². The highest BCUT2D eigenvalue weighted by Crippen LogP contribution is 2.28. The van der Waals surface area contributed by atoms with Gasteiger partial charge >= 0.3 is 12.0 Å². The first kappa shape index (κ1) is 39.4. The molecule has 7 aromatic rings. The monoisotopic (exact) mass is 765 g/mol. The number of aromatic nitrogens is 5. The number of carbonyl (C=O) groups excluding carboxylic acids is 1. The van der Waals surface area contributed by atoms with Crippen LogP contribution >= 0.6 is 0 Å². The third kappa shape index (κ3) is 11.1. The Bertz CT molecular complexity index is 2340. The van der Waals surface area contributed by atoms with E-state index < -0.39 is 0 Å². The summed E-state index contributed by atoms with van der Waals surface area (Å²) in [5, 5.41) is 6.66. The number of oxazole rings is 1. The largest absolute Gasteiger partial charge is 0.497 e. The van der Waals surface area contributed by atoms with Gasteiger partial charge in [0.05, 0.1) is 46.0 Å². The molecule has 3 aromatic heterocycles. The van der Waals surface area contributed by atoms with Crippen molar-refractivity contribution in [3.63, 3.8) is 0 Å². The van der Waals surface area contributed by atoms with Gasteiger partial charge in [-0.25, -0.2) is 4.98 Å². The minimum Gasteiger partial charge on any atom is -0.497 e. The molecule has 0 radical (unpaired) electrons. The van der Waals surface area contributed by atoms with Gasteiger partial charge in [-0.1, -0.05) is 60.7 Å². The molecule has 0 aliphatic heterocycles. The number of hydrogen-bond donors (Lipinski definition) is 2. The number of methoxy groups -OCH3 is 4. The van der Waals surface area contributed by atoms with E-state index in [-0.39, 0.29) is 6.01 Å². The zero-order valence-electron chi connectivity index (χ0n) is 32.1. The quantitative estimate of drug-likeness (QED) is 0.0911. The molecule has 0 aliphatic rings. The lowest BCUT2D eigenvalue weighted by Gasteiger charge is -2.10. The first-order chi connectivity index (χ1) is 28.0. The predicted octanol–water partition coefficient (Wildman–Crippen LogP) is 8.10. The van der Waals surface area contributed by atoms with E-state index in [4.69, 9.17) is 23.4 Å². The van der Waals surface area contributed by atoms with E-state index in [1.807, 2.05) is 84.9 Å². The molecule has 0 atom stereocenters. The summed E-state index contributed by atoms with van der Waals surface area (Å²) in [5.74, 6) is 3.77. The first-order valence-electron chi connectivity index (χ1n) is 18.1. The van der Waals surface area contributed by atoms with Crippen molar-refractivity contribution in [1.29, 1.82) is 0 Å². The van der Waals surface area contributed by atoms with Crippen LogP contribution in [0.25, 0.3) is 33.8 Å². The summed E-state index contributed by atoms with van der Waals surface area (Å²) in [4.78, 5) is 32.6. The number of rotatable bonds is 16. The average Bonchev–Trinajstić information content (AvgIpc) is 3.83. The number of ether oxygens (including phenoxy) is 4. The van der Waals surface area contributed by atoms with Crippen LogP contribution in [0.5, 0.6) is 23.5 Å². The molecular formula is C44H43N7O6. The van der Waals surface area contributed by atoms with Crippen molar-refractivity contribution < 1.29 is 28.2 Å². The summed E-state index contributed by atoms with van der Waals surface area (Å²) in [7, 11) is 6.41. The summed E-state index contributed by atoms with van der Waals surface area (Å²) in [6.07, 6.45) is 5.61. The number of anilines is 2. The second-order valence-corrected chi connectivity index (χ2v) is 12.5. The molecule has 0 amide bonds. The molecule has 13 nitrogen and oxygen atoms in total. The van der Waals surface area contributed by atoms with Crippen LogP contribution in [-0.2, 0) is 12.8 Å². The van der Waals surface area contributed by atoms with Crippen LogP contribution in [0.4, 0.5) is 11.6 Å². The lowest BCUT2D eigenvalue weighted by atomic mass is 10.1. The Kier molecular flexibility index (Phi) is 13.7. The van der Waals surface area contributed by atoms with Gasteiger partial charge in [0.1, 0.15) is 29.4 Å². The Morgan fingerprint density at radius 1 is 0.579 bits per heavy atom. The Morgan fingerprint density at radius 3 is 1.56 bits per heavy atom. The molecular weight excluding hydrogens is 723 g/mol. The Morgan fingerprint density at radius 2 is 1.09 bits per heavy atom. The molecule has 0 spiro atoms. The summed E-state index contributed by atoms with van der Waals surface area (Å²) in [6, 6.07) is 35.5. The van der Waals surface area contributed by atoms with Crippen LogP contribution in [0, 0.1) is 0 Å². The highest BCUT2D eigenvalue weighted by atomic mass is 16.5. The van der Waals surface area contributed by atoms with Crippen molar-refractivity contribution in [3.8, 4) is 57.4 Å². The van der Waals surface area contributed by atoms with Crippen molar-refractivity contribution in [2.24, 2.45) is 0 Å². The molecule has 0 aliphatic carbocycles. The fraction of sp³-hybridized carbons (Fsp3) is 0.182. The van der Waals surface area contributed by atoms with Crippen LogP contribution in [0.2, 0.25) is 0 Å². The van der Waals surface area contributed by atoms with E-state index in [0.717, 1.165) is 59.6 Å². The normalized spacial score (nSPS) is 10.5. The molecule has 13 heteroatoms. The maximum absolute atomic E-state index is 11.0. The zero-order valence-corrected chi connectivity index (χ0v) is 32.1. The summed E-state index contributed by atoms with van der Waals surface area (Å²) in [6.45, 7) is 1.43.